The number of allylic oxidation sites excluding steroid dienone is 1. The van der Waals surface area contributed by atoms with Crippen molar-refractivity contribution in [3.05, 3.63) is 58.2 Å². The zero-order valence-electron chi connectivity index (χ0n) is 17.7. The maximum atomic E-state index is 9.18. The molecule has 2 aromatic rings. The molecular weight excluding hydrogens is 346 g/mol. The Balaban J connectivity index is 2.52. The lowest BCUT2D eigenvalue weighted by atomic mass is 9.97. The monoisotopic (exact) mass is 375 g/mol. The van der Waals surface area contributed by atoms with Gasteiger partial charge in [-0.1, -0.05) is 37.6 Å². The molecule has 0 radical (unpaired) electrons. The number of hydrogen-bond acceptors (Lipinski definition) is 3. The van der Waals surface area contributed by atoms with Crippen LogP contribution >= 0.6 is 0 Å². The van der Waals surface area contributed by atoms with Crippen LogP contribution in [0.3, 0.4) is 0 Å². The third-order valence-electron chi connectivity index (χ3n) is 4.76. The third-order valence-corrected chi connectivity index (χ3v) is 4.76. The van der Waals surface area contributed by atoms with Crippen LogP contribution in [0.4, 0.5) is 11.4 Å². The van der Waals surface area contributed by atoms with E-state index in [0.29, 0.717) is 11.3 Å². The first-order valence-electron chi connectivity index (χ1n) is 9.63. The number of aliphatic imine (C=N–C) groups is 1. The fourth-order valence-electron chi connectivity index (χ4n) is 2.99. The standard InChI is InChI=1S/C24H29N3O/c1-7-16(3)13-21-20(8-2)11-9-17(4)24(21)27-18(5)26-22-14-19(15-25)10-12-23(22)28-6/h9-14H,7-8H2,1-6H3,(H,26,27)/b16-13-. The number of amidine groups is 1. The summed E-state index contributed by atoms with van der Waals surface area (Å²) >= 11 is 0. The molecule has 4 heteroatoms. The van der Waals surface area contributed by atoms with Gasteiger partial charge < -0.3 is 10.1 Å². The molecule has 146 valence electrons. The molecule has 0 bridgehead atoms. The number of aryl methyl sites for hydroxylation is 2. The van der Waals surface area contributed by atoms with E-state index in [4.69, 9.17) is 9.73 Å². The van der Waals surface area contributed by atoms with E-state index in [-0.39, 0.29) is 0 Å². The molecule has 0 aliphatic carbocycles. The van der Waals surface area contributed by atoms with Crippen molar-refractivity contribution < 1.29 is 4.74 Å². The highest BCUT2D eigenvalue weighted by atomic mass is 16.5. The van der Waals surface area contributed by atoms with Crippen molar-refractivity contribution in [3.8, 4) is 11.8 Å². The molecule has 0 aliphatic rings. The molecule has 1 N–H and O–H groups in total. The summed E-state index contributed by atoms with van der Waals surface area (Å²) in [6.45, 7) is 10.5. The van der Waals surface area contributed by atoms with E-state index >= 15 is 0 Å². The fourth-order valence-corrected chi connectivity index (χ4v) is 2.99. The molecule has 0 saturated carbocycles. The minimum absolute atomic E-state index is 0.572. The second kappa shape index (κ2) is 9.75. The number of benzene rings is 2. The SMILES string of the molecule is CC/C(C)=C\c1c(CC)ccc(C)c1N=C(C)Nc1cc(C#N)ccc1OC. The lowest BCUT2D eigenvalue weighted by Crippen LogP contribution is -2.08. The number of methoxy groups -OCH3 is 1. The van der Waals surface area contributed by atoms with Gasteiger partial charge in [-0.2, -0.15) is 5.26 Å². The Kier molecular flexibility index (Phi) is 7.40. The van der Waals surface area contributed by atoms with Gasteiger partial charge in [0.1, 0.15) is 11.6 Å². The highest BCUT2D eigenvalue weighted by molar-refractivity contribution is 5.97. The lowest BCUT2D eigenvalue weighted by Gasteiger charge is -2.15. The molecule has 0 atom stereocenters. The summed E-state index contributed by atoms with van der Waals surface area (Å²) in [5.41, 5.74) is 7.20. The van der Waals surface area contributed by atoms with Crippen molar-refractivity contribution in [2.45, 2.75) is 47.5 Å². The summed E-state index contributed by atoms with van der Waals surface area (Å²) in [7, 11) is 1.62. The molecule has 2 aromatic carbocycles. The first kappa shape index (κ1) is 21.2. The van der Waals surface area contributed by atoms with Gasteiger partial charge in [-0.05, 0) is 62.9 Å². The number of nitrogens with one attached hydrogen (secondary N) is 1. The quantitative estimate of drug-likeness (QED) is 0.468. The molecule has 0 heterocycles. The van der Waals surface area contributed by atoms with Gasteiger partial charge >= 0.3 is 0 Å². The summed E-state index contributed by atoms with van der Waals surface area (Å²) in [6, 6.07) is 11.8. The van der Waals surface area contributed by atoms with Gasteiger partial charge in [0.15, 0.2) is 0 Å². The number of ether oxygens (including phenoxy) is 1. The van der Waals surface area contributed by atoms with Gasteiger partial charge in [0.25, 0.3) is 0 Å². The second-order valence-electron chi connectivity index (χ2n) is 6.85. The summed E-state index contributed by atoms with van der Waals surface area (Å²) in [4.78, 5) is 4.90. The molecule has 0 fully saturated rings. The number of rotatable bonds is 6. The largest absolute Gasteiger partial charge is 0.495 e. The average molecular weight is 376 g/mol. The van der Waals surface area contributed by atoms with E-state index in [0.717, 1.165) is 35.6 Å². The van der Waals surface area contributed by atoms with Gasteiger partial charge in [0, 0.05) is 5.56 Å². The normalized spacial score (nSPS) is 11.9. The third kappa shape index (κ3) is 5.01. The molecule has 0 aromatic heterocycles. The van der Waals surface area contributed by atoms with Crippen molar-refractivity contribution in [1.29, 1.82) is 5.26 Å². The smallest absolute Gasteiger partial charge is 0.142 e. The van der Waals surface area contributed by atoms with Crippen LogP contribution in [0.25, 0.3) is 6.08 Å². The predicted molar refractivity (Wildman–Crippen MR) is 119 cm³/mol. The Morgan fingerprint density at radius 3 is 2.57 bits per heavy atom. The topological polar surface area (TPSA) is 57.4 Å². The van der Waals surface area contributed by atoms with Crippen molar-refractivity contribution in [3.63, 3.8) is 0 Å². The minimum atomic E-state index is 0.572. The zero-order chi connectivity index (χ0) is 20.7. The number of hydrogen-bond donors (Lipinski definition) is 1. The molecule has 0 unspecified atom stereocenters. The van der Waals surface area contributed by atoms with E-state index in [1.807, 2.05) is 6.92 Å². The maximum Gasteiger partial charge on any atom is 0.142 e. The van der Waals surface area contributed by atoms with Crippen LogP contribution in [0.2, 0.25) is 0 Å². The highest BCUT2D eigenvalue weighted by Gasteiger charge is 2.10. The molecule has 0 aliphatic heterocycles. The highest BCUT2D eigenvalue weighted by Crippen LogP contribution is 2.31. The van der Waals surface area contributed by atoms with E-state index in [1.54, 1.807) is 25.3 Å². The van der Waals surface area contributed by atoms with Crippen LogP contribution in [0.5, 0.6) is 5.75 Å². The van der Waals surface area contributed by atoms with E-state index < -0.39 is 0 Å². The van der Waals surface area contributed by atoms with Crippen molar-refractivity contribution >= 4 is 23.3 Å². The van der Waals surface area contributed by atoms with E-state index in [1.165, 1.54) is 16.7 Å². The van der Waals surface area contributed by atoms with E-state index in [2.05, 4.69) is 57.3 Å². The maximum absolute atomic E-state index is 9.18. The van der Waals surface area contributed by atoms with Gasteiger partial charge in [-0.25, -0.2) is 4.99 Å². The van der Waals surface area contributed by atoms with Crippen molar-refractivity contribution in [1.82, 2.24) is 0 Å². The summed E-state index contributed by atoms with van der Waals surface area (Å²) in [5, 5.41) is 12.5. The Labute approximate surface area is 168 Å². The molecule has 0 spiro atoms. The number of nitrogens with zero attached hydrogens (tertiary/aromatic N) is 2. The Bertz CT molecular complexity index is 949. The average Bonchev–Trinajstić information content (AvgIpc) is 2.70. The predicted octanol–water partition coefficient (Wildman–Crippen LogP) is 6.41. The molecule has 2 rings (SSSR count). The molecule has 0 amide bonds. The van der Waals surface area contributed by atoms with Crippen LogP contribution < -0.4 is 10.1 Å². The second-order valence-corrected chi connectivity index (χ2v) is 6.85. The van der Waals surface area contributed by atoms with Crippen LogP contribution in [-0.4, -0.2) is 12.9 Å². The van der Waals surface area contributed by atoms with Gasteiger partial charge in [0.05, 0.1) is 30.1 Å². The number of nitriles is 1. The van der Waals surface area contributed by atoms with Crippen molar-refractivity contribution in [2.24, 2.45) is 4.99 Å². The Morgan fingerprint density at radius 1 is 1.21 bits per heavy atom. The first-order valence-corrected chi connectivity index (χ1v) is 9.63. The first-order chi connectivity index (χ1) is 13.4. The molecule has 4 nitrogen and oxygen atoms in total. The molecule has 28 heavy (non-hydrogen) atoms. The summed E-state index contributed by atoms with van der Waals surface area (Å²) in [5.74, 6) is 1.42. The van der Waals surface area contributed by atoms with Gasteiger partial charge in [-0.15, -0.1) is 0 Å². The Morgan fingerprint density at radius 2 is 1.96 bits per heavy atom. The van der Waals surface area contributed by atoms with Crippen LogP contribution in [0, 0.1) is 18.3 Å². The number of anilines is 1. The molecular formula is C24H29N3O. The van der Waals surface area contributed by atoms with Gasteiger partial charge in [-0.3, -0.25) is 0 Å². The van der Waals surface area contributed by atoms with Crippen LogP contribution in [-0.2, 0) is 6.42 Å². The van der Waals surface area contributed by atoms with E-state index in [9.17, 15) is 5.26 Å². The molecule has 0 saturated heterocycles. The Hall–Kier alpha value is -3.06. The van der Waals surface area contributed by atoms with Gasteiger partial charge in [0.2, 0.25) is 0 Å². The van der Waals surface area contributed by atoms with Crippen molar-refractivity contribution in [2.75, 3.05) is 12.4 Å². The summed E-state index contributed by atoms with van der Waals surface area (Å²) < 4.78 is 5.41. The summed E-state index contributed by atoms with van der Waals surface area (Å²) in [6.07, 6.45) is 4.21. The van der Waals surface area contributed by atoms with Crippen LogP contribution in [0.15, 0.2) is 40.9 Å². The fraction of sp³-hybridized carbons (Fsp3) is 0.333. The van der Waals surface area contributed by atoms with Crippen LogP contribution in [0.1, 0.15) is 56.4 Å². The zero-order valence-corrected chi connectivity index (χ0v) is 17.7. The lowest BCUT2D eigenvalue weighted by molar-refractivity contribution is 0.417. The minimum Gasteiger partial charge on any atom is -0.495 e.